The van der Waals surface area contributed by atoms with Crippen molar-refractivity contribution in [1.29, 1.82) is 0 Å². The molecule has 0 amide bonds. The molecule has 0 radical (unpaired) electrons. The highest BCUT2D eigenvalue weighted by molar-refractivity contribution is 5.25. The first-order valence-corrected chi connectivity index (χ1v) is 5.41. The zero-order valence-electron chi connectivity index (χ0n) is 22.5. The summed E-state index contributed by atoms with van der Waals surface area (Å²) in [4.78, 5) is 0.896. The Morgan fingerprint density at radius 3 is 2.95 bits per heavy atom. The lowest BCUT2D eigenvalue weighted by atomic mass is 10.1. The molecule has 0 aliphatic heterocycles. The van der Waals surface area contributed by atoms with Gasteiger partial charge in [0.25, 0.3) is 0 Å². The van der Waals surface area contributed by atoms with Crippen LogP contribution in [0.3, 0.4) is 0 Å². The minimum Gasteiger partial charge on any atom is -0.366 e. The molecule has 1 atom stereocenters. The van der Waals surface area contributed by atoms with Crippen LogP contribution in [0.25, 0.3) is 0 Å². The second-order valence-electron chi connectivity index (χ2n) is 3.81. The van der Waals surface area contributed by atoms with Crippen molar-refractivity contribution in [2.24, 2.45) is 6.98 Å². The molecule has 0 bridgehead atoms. The van der Waals surface area contributed by atoms with Gasteiger partial charge in [-0.05, 0) is 25.7 Å². The topological polar surface area (TPSA) is 30.3 Å². The van der Waals surface area contributed by atoms with Crippen molar-refractivity contribution >= 4 is 0 Å². The summed E-state index contributed by atoms with van der Waals surface area (Å²) >= 11 is 0. The summed E-state index contributed by atoms with van der Waals surface area (Å²) in [7, 11) is 2.51. The number of nitrogens with zero attached hydrogens (tertiary/aromatic N) is 3. The third kappa shape index (κ3) is 3.66. The summed E-state index contributed by atoms with van der Waals surface area (Å²) in [5.41, 5.74) is -0.882. The van der Waals surface area contributed by atoms with Crippen molar-refractivity contribution in [2.75, 3.05) is 27.2 Å². The maximum atomic E-state index is 8.19. The Kier molecular flexibility index (Phi) is 1.72. The molecule has 4 heteroatoms. The summed E-state index contributed by atoms with van der Waals surface area (Å²) in [5.74, 6) is 0. The first-order chi connectivity index (χ1) is 13.9. The SMILES string of the molecule is [2H]c1c([2H])c([2H])c(C(OC([2H])([2H])C([2H])([2H])N(C)C)c2ccnn2C([2H])([2H])[2H])c([2H])c1[2H]. The molecule has 0 saturated carbocycles. The van der Waals surface area contributed by atoms with Crippen LogP contribution in [-0.4, -0.2) is 41.8 Å². The Hall–Kier alpha value is -1.65. The zero-order chi connectivity index (χ0) is 24.1. The Morgan fingerprint density at radius 1 is 1.47 bits per heavy atom. The highest BCUT2D eigenvalue weighted by Crippen LogP contribution is 2.25. The highest BCUT2D eigenvalue weighted by Gasteiger charge is 2.17. The maximum Gasteiger partial charge on any atom is 0.124 e. The summed E-state index contributed by atoms with van der Waals surface area (Å²) < 4.78 is 101. The van der Waals surface area contributed by atoms with Crippen molar-refractivity contribution in [2.45, 2.75) is 6.10 Å². The van der Waals surface area contributed by atoms with Crippen molar-refractivity contribution in [3.05, 3.63) is 53.7 Å². The summed E-state index contributed by atoms with van der Waals surface area (Å²) in [6.07, 6.45) is -0.814. The molecule has 0 fully saturated rings. The second kappa shape index (κ2) is 6.50. The first-order valence-electron chi connectivity index (χ1n) is 11.4. The molecule has 0 spiro atoms. The molecule has 2 aromatic rings. The van der Waals surface area contributed by atoms with Crippen LogP contribution in [0.1, 0.15) is 33.8 Å². The fourth-order valence-corrected chi connectivity index (χ4v) is 1.35. The molecule has 4 nitrogen and oxygen atoms in total. The van der Waals surface area contributed by atoms with Crippen LogP contribution in [0.5, 0.6) is 0 Å². The predicted molar refractivity (Wildman–Crippen MR) is 76.0 cm³/mol. The van der Waals surface area contributed by atoms with Gasteiger partial charge < -0.3 is 9.64 Å². The monoisotopic (exact) mass is 271 g/mol. The molecular formula is C15H21N3O. The molecule has 102 valence electrons. The molecule has 1 heterocycles. The fraction of sp³-hybridized carbons (Fsp3) is 0.400. The van der Waals surface area contributed by atoms with Crippen LogP contribution in [0.2, 0.25) is 0 Å². The van der Waals surface area contributed by atoms with E-state index in [4.69, 9.17) is 21.2 Å². The van der Waals surface area contributed by atoms with Gasteiger partial charge >= 0.3 is 0 Å². The number of benzene rings is 1. The van der Waals surface area contributed by atoms with Crippen LogP contribution in [0, 0.1) is 0 Å². The predicted octanol–water partition coefficient (Wildman–Crippen LogP) is 2.09. The quantitative estimate of drug-likeness (QED) is 0.806. The van der Waals surface area contributed by atoms with Gasteiger partial charge in [0.2, 0.25) is 0 Å². The molecule has 0 aliphatic carbocycles. The van der Waals surface area contributed by atoms with E-state index in [-0.39, 0.29) is 5.69 Å². The smallest absolute Gasteiger partial charge is 0.124 e. The molecule has 1 unspecified atom stereocenters. The summed E-state index contributed by atoms with van der Waals surface area (Å²) in [6, 6.07) is -2.51. The van der Waals surface area contributed by atoms with E-state index in [0.29, 0.717) is 4.68 Å². The highest BCUT2D eigenvalue weighted by atomic mass is 16.5. The molecule has 19 heavy (non-hydrogen) atoms. The number of aryl methyl sites for hydroxylation is 1. The third-order valence-electron chi connectivity index (χ3n) is 2.17. The van der Waals surface area contributed by atoms with Gasteiger partial charge in [-0.25, -0.2) is 0 Å². The first kappa shape index (κ1) is 5.04. The Labute approximate surface area is 131 Å². The average molecular weight is 271 g/mol. The Bertz CT molecular complexity index is 940. The van der Waals surface area contributed by atoms with Gasteiger partial charge in [-0.1, -0.05) is 30.2 Å². The fourth-order valence-electron chi connectivity index (χ4n) is 1.35. The van der Waals surface area contributed by atoms with Gasteiger partial charge in [0, 0.05) is 26.5 Å². The van der Waals surface area contributed by atoms with Gasteiger partial charge in [-0.3, -0.25) is 4.68 Å². The maximum absolute atomic E-state index is 8.19. The van der Waals surface area contributed by atoms with Crippen LogP contribution >= 0.6 is 0 Å². The Balaban J connectivity index is 2.84. The molecule has 2 rings (SSSR count). The van der Waals surface area contributed by atoms with E-state index >= 15 is 0 Å². The number of rotatable bonds is 6. The lowest BCUT2D eigenvalue weighted by Gasteiger charge is -2.20. The van der Waals surface area contributed by atoms with Crippen molar-refractivity contribution < 1.29 is 21.2 Å². The van der Waals surface area contributed by atoms with Gasteiger partial charge in [0.15, 0.2) is 0 Å². The van der Waals surface area contributed by atoms with Crippen molar-refractivity contribution in [3.63, 3.8) is 0 Å². The number of aromatic nitrogens is 2. The molecule has 1 aromatic carbocycles. The van der Waals surface area contributed by atoms with Crippen LogP contribution < -0.4 is 0 Å². The van der Waals surface area contributed by atoms with E-state index < -0.39 is 61.9 Å². The second-order valence-corrected chi connectivity index (χ2v) is 3.81. The number of hydrogen-bond donors (Lipinski definition) is 0. The van der Waals surface area contributed by atoms with E-state index in [1.54, 1.807) is 0 Å². The van der Waals surface area contributed by atoms with Crippen LogP contribution in [-0.2, 0) is 11.7 Å². The van der Waals surface area contributed by atoms with Gasteiger partial charge in [-0.2, -0.15) is 5.10 Å². The number of ether oxygens (including phenoxy) is 1. The molecule has 0 aliphatic rings. The molecule has 1 aromatic heterocycles. The van der Waals surface area contributed by atoms with E-state index in [9.17, 15) is 0 Å². The van der Waals surface area contributed by atoms with Crippen molar-refractivity contribution in [3.8, 4) is 0 Å². The minimum absolute atomic E-state index is 0.336. The zero-order valence-corrected chi connectivity index (χ0v) is 10.5. The van der Waals surface area contributed by atoms with Gasteiger partial charge in [-0.15, -0.1) is 0 Å². The lowest BCUT2D eigenvalue weighted by Crippen LogP contribution is -2.20. The van der Waals surface area contributed by atoms with Crippen LogP contribution in [0.4, 0.5) is 0 Å². The lowest BCUT2D eigenvalue weighted by molar-refractivity contribution is 0.0638. The largest absolute Gasteiger partial charge is 0.366 e. The van der Waals surface area contributed by atoms with Gasteiger partial charge in [0.1, 0.15) is 6.10 Å². The summed E-state index contributed by atoms with van der Waals surface area (Å²) in [5, 5.41) is 3.68. The number of hydrogen-bond acceptors (Lipinski definition) is 3. The van der Waals surface area contributed by atoms with Crippen molar-refractivity contribution in [1.82, 2.24) is 14.7 Å². The normalized spacial score (nSPS) is 24.2. The molecular weight excluding hydrogens is 238 g/mol. The van der Waals surface area contributed by atoms with E-state index in [0.717, 1.165) is 17.2 Å². The van der Waals surface area contributed by atoms with E-state index in [1.807, 2.05) is 0 Å². The average Bonchev–Trinajstić information content (AvgIpc) is 3.14. The van der Waals surface area contributed by atoms with E-state index in [2.05, 4.69) is 5.10 Å². The molecule has 0 saturated heterocycles. The third-order valence-corrected chi connectivity index (χ3v) is 2.17. The number of likely N-dealkylation sites (N-methyl/N-ethyl adjacent to an activating group) is 1. The van der Waals surface area contributed by atoms with Crippen LogP contribution in [0.15, 0.2) is 42.5 Å². The minimum atomic E-state index is -3.10. The van der Waals surface area contributed by atoms with Gasteiger partial charge in [0.05, 0.1) is 21.8 Å². The molecule has 0 N–H and O–H groups in total. The Morgan fingerprint density at radius 2 is 2.26 bits per heavy atom. The summed E-state index contributed by atoms with van der Waals surface area (Å²) in [6.45, 7) is -8.70. The standard InChI is InChI=1S/C15H21N3O/c1-17(2)11-12-19-15(13-7-5-4-6-8-13)14-9-10-16-18(14)3/h4-10,15H,11-12H2,1-3H3/i3D3,4D,5D,6D,7D,8D,11D2,12D2. The van der Waals surface area contributed by atoms with E-state index in [1.165, 1.54) is 14.1 Å².